The molecular formula is C23H24N4O3S2. The minimum Gasteiger partial charge on any atom is -0.321 e. The summed E-state index contributed by atoms with van der Waals surface area (Å²) in [5.41, 5.74) is 3.36. The number of rotatable bonds is 6. The van der Waals surface area contributed by atoms with Crippen molar-refractivity contribution in [2.24, 2.45) is 0 Å². The van der Waals surface area contributed by atoms with E-state index in [-0.39, 0.29) is 23.5 Å². The van der Waals surface area contributed by atoms with Gasteiger partial charge < -0.3 is 4.90 Å². The second-order valence-electron chi connectivity index (χ2n) is 8.06. The van der Waals surface area contributed by atoms with Gasteiger partial charge in [0.15, 0.2) is 0 Å². The Hall–Kier alpha value is -2.75. The Morgan fingerprint density at radius 2 is 1.75 bits per heavy atom. The van der Waals surface area contributed by atoms with Crippen LogP contribution < -0.4 is 9.62 Å². The van der Waals surface area contributed by atoms with Gasteiger partial charge >= 0.3 is 6.03 Å². The molecule has 1 aliphatic carbocycles. The predicted molar refractivity (Wildman–Crippen MR) is 124 cm³/mol. The number of fused-ring (bicyclic) bond motifs is 1. The number of benzene rings is 2. The second-order valence-corrected chi connectivity index (χ2v) is 10.8. The lowest BCUT2D eigenvalue weighted by atomic mass is 10.1. The van der Waals surface area contributed by atoms with E-state index in [1.807, 2.05) is 22.4 Å². The van der Waals surface area contributed by atoms with E-state index in [0.717, 1.165) is 25.8 Å². The summed E-state index contributed by atoms with van der Waals surface area (Å²) in [6, 6.07) is 15.1. The lowest BCUT2D eigenvalue weighted by Gasteiger charge is -2.39. The van der Waals surface area contributed by atoms with Crippen molar-refractivity contribution in [2.75, 3.05) is 18.0 Å². The highest BCUT2D eigenvalue weighted by Gasteiger charge is 2.35. The number of hydrogen-bond donors (Lipinski definition) is 1. The van der Waals surface area contributed by atoms with Gasteiger partial charge in [-0.25, -0.2) is 22.9 Å². The SMILES string of the molecule is O=C1N(c2ccc(S(=O)(=O)NCc3nccs3)cc2)CCCN1C1Cc2ccccc2C1. The van der Waals surface area contributed by atoms with Gasteiger partial charge in [0.2, 0.25) is 10.0 Å². The average Bonchev–Trinajstić information content (AvgIpc) is 3.48. The van der Waals surface area contributed by atoms with Crippen molar-refractivity contribution in [2.45, 2.75) is 36.7 Å². The maximum Gasteiger partial charge on any atom is 0.324 e. The highest BCUT2D eigenvalue weighted by atomic mass is 32.2. The molecule has 0 bridgehead atoms. The van der Waals surface area contributed by atoms with E-state index in [2.05, 4.69) is 21.8 Å². The molecule has 5 rings (SSSR count). The molecule has 2 aliphatic rings. The molecule has 1 N–H and O–H groups in total. The molecule has 7 nitrogen and oxygen atoms in total. The molecule has 3 aromatic rings. The molecule has 1 saturated heterocycles. The molecule has 1 aromatic heterocycles. The topological polar surface area (TPSA) is 82.6 Å². The van der Waals surface area contributed by atoms with Crippen molar-refractivity contribution >= 4 is 33.1 Å². The van der Waals surface area contributed by atoms with Crippen LogP contribution in [0.5, 0.6) is 0 Å². The maximum absolute atomic E-state index is 13.3. The van der Waals surface area contributed by atoms with Crippen LogP contribution in [0, 0.1) is 0 Å². The first-order valence-electron chi connectivity index (χ1n) is 10.6. The van der Waals surface area contributed by atoms with Crippen LogP contribution in [0.15, 0.2) is 65.0 Å². The van der Waals surface area contributed by atoms with Gasteiger partial charge in [0, 0.05) is 36.4 Å². The van der Waals surface area contributed by atoms with Gasteiger partial charge in [0.1, 0.15) is 5.01 Å². The molecule has 9 heteroatoms. The zero-order valence-electron chi connectivity index (χ0n) is 17.5. The fourth-order valence-electron chi connectivity index (χ4n) is 4.47. The van der Waals surface area contributed by atoms with Crippen molar-refractivity contribution < 1.29 is 13.2 Å². The van der Waals surface area contributed by atoms with Gasteiger partial charge in [-0.05, 0) is 54.7 Å². The molecule has 2 heterocycles. The van der Waals surface area contributed by atoms with Crippen LogP contribution in [-0.4, -0.2) is 43.5 Å². The molecule has 2 amide bonds. The van der Waals surface area contributed by atoms with Gasteiger partial charge in [-0.3, -0.25) is 4.90 Å². The third kappa shape index (κ3) is 4.15. The Kier molecular flexibility index (Phi) is 5.71. The number of aromatic nitrogens is 1. The number of thiazole rings is 1. The van der Waals surface area contributed by atoms with Crippen LogP contribution in [0.1, 0.15) is 22.6 Å². The monoisotopic (exact) mass is 468 g/mol. The Bertz CT molecular complexity index is 1190. The number of nitrogens with one attached hydrogen (secondary N) is 1. The predicted octanol–water partition coefficient (Wildman–Crippen LogP) is 3.42. The summed E-state index contributed by atoms with van der Waals surface area (Å²) < 4.78 is 27.7. The molecule has 0 unspecified atom stereocenters. The number of sulfonamides is 1. The third-order valence-corrected chi connectivity index (χ3v) is 8.28. The molecule has 1 aliphatic heterocycles. The zero-order valence-corrected chi connectivity index (χ0v) is 19.1. The molecule has 32 heavy (non-hydrogen) atoms. The largest absolute Gasteiger partial charge is 0.324 e. The molecule has 0 spiro atoms. The van der Waals surface area contributed by atoms with Gasteiger partial charge in [-0.15, -0.1) is 11.3 Å². The van der Waals surface area contributed by atoms with E-state index in [1.54, 1.807) is 35.4 Å². The minimum absolute atomic E-state index is 0.00782. The van der Waals surface area contributed by atoms with Crippen molar-refractivity contribution in [3.05, 3.63) is 76.2 Å². The summed E-state index contributed by atoms with van der Waals surface area (Å²) in [5, 5.41) is 2.51. The van der Waals surface area contributed by atoms with Crippen LogP contribution >= 0.6 is 11.3 Å². The van der Waals surface area contributed by atoms with Gasteiger partial charge in [0.05, 0.1) is 11.4 Å². The van der Waals surface area contributed by atoms with Crippen LogP contribution in [0.4, 0.5) is 10.5 Å². The van der Waals surface area contributed by atoms with Crippen molar-refractivity contribution in [3.8, 4) is 0 Å². The Morgan fingerprint density at radius 1 is 1.03 bits per heavy atom. The fraction of sp³-hybridized carbons (Fsp3) is 0.304. The van der Waals surface area contributed by atoms with Gasteiger partial charge in [-0.1, -0.05) is 24.3 Å². The number of hydrogen-bond acceptors (Lipinski definition) is 5. The number of anilines is 1. The van der Waals surface area contributed by atoms with Crippen LogP contribution in [0.25, 0.3) is 0 Å². The van der Waals surface area contributed by atoms with E-state index in [0.29, 0.717) is 17.2 Å². The first-order chi connectivity index (χ1) is 15.5. The van der Waals surface area contributed by atoms with Crippen molar-refractivity contribution in [1.82, 2.24) is 14.6 Å². The second kappa shape index (κ2) is 8.65. The molecule has 0 atom stereocenters. The number of amides is 2. The molecular weight excluding hydrogens is 444 g/mol. The normalized spacial score (nSPS) is 17.1. The highest BCUT2D eigenvalue weighted by molar-refractivity contribution is 7.89. The van der Waals surface area contributed by atoms with E-state index >= 15 is 0 Å². The van der Waals surface area contributed by atoms with E-state index in [4.69, 9.17) is 0 Å². The van der Waals surface area contributed by atoms with Crippen LogP contribution in [0.2, 0.25) is 0 Å². The summed E-state index contributed by atoms with van der Waals surface area (Å²) in [5.74, 6) is 0. The third-order valence-electron chi connectivity index (χ3n) is 6.08. The Labute approximate surface area is 191 Å². The standard InChI is InChI=1S/C23H24N4O3S2/c28-23-26(11-3-12-27(23)20-14-17-4-1-2-5-18(17)15-20)19-6-8-21(9-7-19)32(29,30)25-16-22-24-10-13-31-22/h1-2,4-10,13,20,25H,3,11-12,14-16H2. The number of carbonyl (C=O) groups is 1. The number of urea groups is 1. The Morgan fingerprint density at radius 3 is 2.41 bits per heavy atom. The molecule has 0 radical (unpaired) electrons. The smallest absolute Gasteiger partial charge is 0.321 e. The Balaban J connectivity index is 1.28. The lowest BCUT2D eigenvalue weighted by Crippen LogP contribution is -2.53. The zero-order chi connectivity index (χ0) is 22.1. The van der Waals surface area contributed by atoms with E-state index in [9.17, 15) is 13.2 Å². The molecule has 166 valence electrons. The summed E-state index contributed by atoms with van der Waals surface area (Å²) in [6.07, 6.45) is 4.30. The maximum atomic E-state index is 13.3. The number of nitrogens with zero attached hydrogens (tertiary/aromatic N) is 3. The minimum atomic E-state index is -3.65. The molecule has 1 fully saturated rings. The fourth-order valence-corrected chi connectivity index (χ4v) is 6.10. The molecule has 2 aromatic carbocycles. The van der Waals surface area contributed by atoms with E-state index < -0.39 is 10.0 Å². The number of carbonyl (C=O) groups excluding carboxylic acids is 1. The lowest BCUT2D eigenvalue weighted by molar-refractivity contribution is 0.172. The summed E-state index contributed by atoms with van der Waals surface area (Å²) in [4.78, 5) is 21.3. The average molecular weight is 469 g/mol. The van der Waals surface area contributed by atoms with Gasteiger partial charge in [0.25, 0.3) is 0 Å². The molecule has 0 saturated carbocycles. The summed E-state index contributed by atoms with van der Waals surface area (Å²) in [7, 11) is -3.65. The summed E-state index contributed by atoms with van der Waals surface area (Å²) in [6.45, 7) is 1.54. The summed E-state index contributed by atoms with van der Waals surface area (Å²) >= 11 is 1.40. The first kappa shape index (κ1) is 21.1. The highest BCUT2D eigenvalue weighted by Crippen LogP contribution is 2.29. The van der Waals surface area contributed by atoms with Crippen molar-refractivity contribution in [1.29, 1.82) is 0 Å². The van der Waals surface area contributed by atoms with Crippen LogP contribution in [0.3, 0.4) is 0 Å². The van der Waals surface area contributed by atoms with Crippen molar-refractivity contribution in [3.63, 3.8) is 0 Å². The van der Waals surface area contributed by atoms with E-state index in [1.165, 1.54) is 22.5 Å². The van der Waals surface area contributed by atoms with Crippen LogP contribution in [-0.2, 0) is 29.4 Å². The first-order valence-corrected chi connectivity index (χ1v) is 13.0. The quantitative estimate of drug-likeness (QED) is 0.601. The van der Waals surface area contributed by atoms with Gasteiger partial charge in [-0.2, -0.15) is 0 Å².